The third-order valence-electron chi connectivity index (χ3n) is 2.97. The molecule has 104 valence electrons. The molecule has 5 nitrogen and oxygen atoms in total. The van der Waals surface area contributed by atoms with Crippen LogP contribution in [0.4, 0.5) is 0 Å². The molecule has 2 aromatic rings. The molecule has 0 aliphatic heterocycles. The normalized spacial score (nSPS) is 11.9. The highest BCUT2D eigenvalue weighted by Crippen LogP contribution is 2.32. The Kier molecular flexibility index (Phi) is 3.83. The first-order valence-electron chi connectivity index (χ1n) is 5.73. The number of nitrogens with zero attached hydrogens (tertiary/aromatic N) is 2. The number of carbonyl (C=O) groups excluding carboxylic acids is 1. The number of aromatic nitrogens is 2. The van der Waals surface area contributed by atoms with E-state index >= 15 is 0 Å². The van der Waals surface area contributed by atoms with Gasteiger partial charge in [0.1, 0.15) is 11.3 Å². The lowest BCUT2D eigenvalue weighted by molar-refractivity contribution is 0.101. The van der Waals surface area contributed by atoms with E-state index < -0.39 is 0 Å². The highest BCUT2D eigenvalue weighted by Gasteiger charge is 2.21. The van der Waals surface area contributed by atoms with Gasteiger partial charge in [-0.3, -0.25) is 9.20 Å². The molecule has 0 aliphatic rings. The van der Waals surface area contributed by atoms with E-state index in [9.17, 15) is 4.79 Å². The number of hydrogen-bond donors (Lipinski definition) is 2. The second kappa shape index (κ2) is 5.26. The zero-order valence-electron chi connectivity index (χ0n) is 10.9. The van der Waals surface area contributed by atoms with Gasteiger partial charge in [-0.05, 0) is 19.9 Å². The van der Waals surface area contributed by atoms with Crippen molar-refractivity contribution < 1.29 is 4.79 Å². The highest BCUT2D eigenvalue weighted by molar-refractivity contribution is 6.39. The predicted molar refractivity (Wildman–Crippen MR) is 80.9 cm³/mol. The van der Waals surface area contributed by atoms with Gasteiger partial charge in [0.05, 0.1) is 10.7 Å². The lowest BCUT2D eigenvalue weighted by atomic mass is 10.0. The molecule has 2 rings (SSSR count). The first-order valence-corrected chi connectivity index (χ1v) is 6.48. The SMILES string of the molecule is CC(=O)c1cc(Cl)c2c(Cl)nc(C)n2c1/C(C=N)=C/N. The Bertz CT molecular complexity index is 762. The molecule has 0 saturated carbocycles. The number of allylic oxidation sites excluding steroid dienone is 1. The van der Waals surface area contributed by atoms with Crippen molar-refractivity contribution in [3.63, 3.8) is 0 Å². The lowest BCUT2D eigenvalue weighted by Crippen LogP contribution is -2.09. The smallest absolute Gasteiger partial charge is 0.161 e. The fraction of sp³-hybridized carbons (Fsp3) is 0.154. The Morgan fingerprint density at radius 3 is 2.65 bits per heavy atom. The topological polar surface area (TPSA) is 84.2 Å². The van der Waals surface area contributed by atoms with Crippen LogP contribution in [0.5, 0.6) is 0 Å². The molecule has 0 radical (unpaired) electrons. The molecule has 0 unspecified atom stereocenters. The molecule has 0 saturated heterocycles. The van der Waals surface area contributed by atoms with Crippen molar-refractivity contribution in [3.05, 3.63) is 39.5 Å². The summed E-state index contributed by atoms with van der Waals surface area (Å²) in [5, 5.41) is 8.02. The monoisotopic (exact) mass is 310 g/mol. The van der Waals surface area contributed by atoms with Gasteiger partial charge in [-0.25, -0.2) is 4.98 Å². The summed E-state index contributed by atoms with van der Waals surface area (Å²) < 4.78 is 1.64. The van der Waals surface area contributed by atoms with Crippen molar-refractivity contribution >= 4 is 46.3 Å². The third kappa shape index (κ3) is 2.09. The minimum atomic E-state index is -0.186. The van der Waals surface area contributed by atoms with E-state index in [0.717, 1.165) is 6.21 Å². The summed E-state index contributed by atoms with van der Waals surface area (Å²) in [6, 6.07) is 1.52. The zero-order valence-corrected chi connectivity index (χ0v) is 12.4. The molecular weight excluding hydrogens is 299 g/mol. The number of halogens is 2. The number of imidazole rings is 1. The number of hydrogen-bond acceptors (Lipinski definition) is 4. The second-order valence-electron chi connectivity index (χ2n) is 4.21. The molecule has 3 N–H and O–H groups in total. The largest absolute Gasteiger partial charge is 0.404 e. The van der Waals surface area contributed by atoms with Gasteiger partial charge < -0.3 is 11.1 Å². The summed E-state index contributed by atoms with van der Waals surface area (Å²) in [6.45, 7) is 3.16. The highest BCUT2D eigenvalue weighted by atomic mass is 35.5. The van der Waals surface area contributed by atoms with Gasteiger partial charge in [0, 0.05) is 23.6 Å². The van der Waals surface area contributed by atoms with E-state index in [1.54, 1.807) is 11.3 Å². The van der Waals surface area contributed by atoms with Crippen LogP contribution in [0.3, 0.4) is 0 Å². The molecule has 2 aromatic heterocycles. The van der Waals surface area contributed by atoms with Gasteiger partial charge >= 0.3 is 0 Å². The van der Waals surface area contributed by atoms with Crippen LogP contribution in [-0.4, -0.2) is 21.4 Å². The van der Waals surface area contributed by atoms with E-state index in [2.05, 4.69) is 4.98 Å². The lowest BCUT2D eigenvalue weighted by Gasteiger charge is -2.13. The van der Waals surface area contributed by atoms with Gasteiger partial charge in [0.2, 0.25) is 0 Å². The number of Topliss-reactive ketones (excluding diaryl/α,β-unsaturated/α-hetero) is 1. The molecular formula is C13H12Cl2N4O. The van der Waals surface area contributed by atoms with Crippen molar-refractivity contribution in [1.82, 2.24) is 9.38 Å². The predicted octanol–water partition coefficient (Wildman–Crippen LogP) is 3.10. The molecule has 7 heteroatoms. The van der Waals surface area contributed by atoms with E-state index in [1.165, 1.54) is 19.2 Å². The molecule has 2 heterocycles. The summed E-state index contributed by atoms with van der Waals surface area (Å²) in [7, 11) is 0. The molecule has 0 atom stereocenters. The van der Waals surface area contributed by atoms with Crippen molar-refractivity contribution in [2.45, 2.75) is 13.8 Å². The Balaban J connectivity index is 3.08. The van der Waals surface area contributed by atoms with E-state index in [-0.39, 0.29) is 10.9 Å². The fourth-order valence-electron chi connectivity index (χ4n) is 2.11. The van der Waals surface area contributed by atoms with Crippen LogP contribution < -0.4 is 5.73 Å². The van der Waals surface area contributed by atoms with Crippen LogP contribution in [0.1, 0.15) is 28.8 Å². The Hall–Kier alpha value is -1.85. The molecule has 0 amide bonds. The number of nitrogens with one attached hydrogen (secondary N) is 1. The molecule has 0 aliphatic carbocycles. The maximum atomic E-state index is 11.8. The van der Waals surface area contributed by atoms with Crippen LogP contribution in [0.2, 0.25) is 10.2 Å². The van der Waals surface area contributed by atoms with Crippen molar-refractivity contribution in [2.24, 2.45) is 5.73 Å². The quantitative estimate of drug-likeness (QED) is 0.675. The number of ketones is 1. The van der Waals surface area contributed by atoms with Crippen LogP contribution >= 0.6 is 23.2 Å². The Labute approximate surface area is 125 Å². The summed E-state index contributed by atoms with van der Waals surface area (Å²) in [5.41, 5.74) is 7.25. The number of carbonyl (C=O) groups is 1. The summed E-state index contributed by atoms with van der Waals surface area (Å²) in [6.07, 6.45) is 2.33. The maximum absolute atomic E-state index is 11.8. The van der Waals surface area contributed by atoms with Crippen molar-refractivity contribution in [1.29, 1.82) is 5.41 Å². The summed E-state index contributed by atoms with van der Waals surface area (Å²) >= 11 is 12.3. The van der Waals surface area contributed by atoms with Crippen LogP contribution in [0, 0.1) is 12.3 Å². The third-order valence-corrected chi connectivity index (χ3v) is 3.52. The van der Waals surface area contributed by atoms with Gasteiger partial charge in [-0.1, -0.05) is 23.2 Å². The van der Waals surface area contributed by atoms with Crippen molar-refractivity contribution in [3.8, 4) is 0 Å². The number of nitrogens with two attached hydrogens (primary N) is 1. The summed E-state index contributed by atoms with van der Waals surface area (Å²) in [5.74, 6) is 0.375. The molecule has 0 aromatic carbocycles. The molecule has 0 bridgehead atoms. The fourth-order valence-corrected chi connectivity index (χ4v) is 2.75. The average molecular weight is 311 g/mol. The van der Waals surface area contributed by atoms with E-state index in [0.29, 0.717) is 33.2 Å². The van der Waals surface area contributed by atoms with Gasteiger partial charge in [0.25, 0.3) is 0 Å². The standard InChI is InChI=1S/C13H12Cl2N4O/c1-6(20)9-3-10(14)12-13(15)18-7(2)19(12)11(9)8(4-16)5-17/h3-5,16H,17H2,1-2H3/b8-5+,16-4?. The Morgan fingerprint density at radius 1 is 1.50 bits per heavy atom. The van der Waals surface area contributed by atoms with E-state index in [4.69, 9.17) is 34.3 Å². The minimum Gasteiger partial charge on any atom is -0.404 e. The first kappa shape index (κ1) is 14.6. The number of aryl methyl sites for hydroxylation is 1. The Morgan fingerprint density at radius 2 is 2.15 bits per heavy atom. The maximum Gasteiger partial charge on any atom is 0.161 e. The number of rotatable bonds is 3. The van der Waals surface area contributed by atoms with Gasteiger partial charge in [-0.2, -0.15) is 0 Å². The van der Waals surface area contributed by atoms with E-state index in [1.807, 2.05) is 0 Å². The molecule has 20 heavy (non-hydrogen) atoms. The molecule has 0 fully saturated rings. The van der Waals surface area contributed by atoms with Gasteiger partial charge in [-0.15, -0.1) is 0 Å². The average Bonchev–Trinajstić information content (AvgIpc) is 2.69. The number of pyridine rings is 1. The van der Waals surface area contributed by atoms with Crippen LogP contribution in [0.15, 0.2) is 12.3 Å². The zero-order chi connectivity index (χ0) is 15.0. The minimum absolute atomic E-state index is 0.186. The van der Waals surface area contributed by atoms with Gasteiger partial charge in [0.15, 0.2) is 10.9 Å². The van der Waals surface area contributed by atoms with Crippen LogP contribution in [-0.2, 0) is 0 Å². The van der Waals surface area contributed by atoms with Crippen LogP contribution in [0.25, 0.3) is 11.1 Å². The van der Waals surface area contributed by atoms with Crippen molar-refractivity contribution in [2.75, 3.05) is 0 Å². The number of fused-ring (bicyclic) bond motifs is 1. The first-order chi connectivity index (χ1) is 9.42. The second-order valence-corrected chi connectivity index (χ2v) is 4.98. The molecule has 0 spiro atoms. The summed E-state index contributed by atoms with van der Waals surface area (Å²) in [4.78, 5) is 16.0.